The molecule has 0 unspecified atom stereocenters. The van der Waals surface area contributed by atoms with Crippen molar-refractivity contribution in [1.29, 1.82) is 0 Å². The van der Waals surface area contributed by atoms with Gasteiger partial charge in [-0.1, -0.05) is 13.8 Å². The molecule has 2 N–H and O–H groups in total. The summed E-state index contributed by atoms with van der Waals surface area (Å²) in [6, 6.07) is 5.00. The van der Waals surface area contributed by atoms with Crippen LogP contribution in [-0.2, 0) is 4.74 Å². The van der Waals surface area contributed by atoms with Gasteiger partial charge in [0.2, 0.25) is 0 Å². The minimum atomic E-state index is -0.279. The van der Waals surface area contributed by atoms with Crippen molar-refractivity contribution in [2.24, 2.45) is 5.92 Å². The Morgan fingerprint density at radius 1 is 1.27 bits per heavy atom. The zero-order valence-electron chi connectivity index (χ0n) is 19.0. The summed E-state index contributed by atoms with van der Waals surface area (Å²) in [5.41, 5.74) is 1.05. The Hall–Kier alpha value is -2.32. The van der Waals surface area contributed by atoms with Gasteiger partial charge in [0.05, 0.1) is 11.7 Å². The number of carbonyl (C=O) groups is 2. The fourth-order valence-corrected chi connectivity index (χ4v) is 3.44. The lowest BCUT2D eigenvalue weighted by Gasteiger charge is -2.34. The zero-order valence-corrected chi connectivity index (χ0v) is 19.0. The van der Waals surface area contributed by atoms with E-state index in [4.69, 9.17) is 9.47 Å². The zero-order chi connectivity index (χ0) is 22.3. The van der Waals surface area contributed by atoms with E-state index in [1.807, 2.05) is 6.92 Å². The fraction of sp³-hybridized carbons (Fsp3) is 0.636. The maximum absolute atomic E-state index is 13.1. The van der Waals surface area contributed by atoms with Crippen molar-refractivity contribution in [2.45, 2.75) is 39.3 Å². The van der Waals surface area contributed by atoms with Crippen molar-refractivity contribution in [3.63, 3.8) is 0 Å². The molecule has 1 aromatic rings. The highest BCUT2D eigenvalue weighted by Crippen LogP contribution is 2.26. The van der Waals surface area contributed by atoms with Crippen molar-refractivity contribution >= 4 is 17.6 Å². The number of anilines is 1. The molecule has 1 heterocycles. The minimum absolute atomic E-state index is 0.0689. The van der Waals surface area contributed by atoms with E-state index in [1.54, 1.807) is 37.3 Å². The number of likely N-dealkylation sites (N-methyl/N-ethyl adjacent to an activating group) is 2. The van der Waals surface area contributed by atoms with Crippen LogP contribution in [0.25, 0.3) is 0 Å². The van der Waals surface area contributed by atoms with Crippen LogP contribution in [0.2, 0.25) is 0 Å². The smallest absolute Gasteiger partial charge is 0.319 e. The van der Waals surface area contributed by atoms with Crippen molar-refractivity contribution in [2.75, 3.05) is 52.8 Å². The maximum atomic E-state index is 13.1. The van der Waals surface area contributed by atoms with Gasteiger partial charge in [-0.25, -0.2) is 4.79 Å². The van der Waals surface area contributed by atoms with Crippen LogP contribution in [0.1, 0.15) is 37.6 Å². The summed E-state index contributed by atoms with van der Waals surface area (Å²) in [7, 11) is 5.52. The van der Waals surface area contributed by atoms with Gasteiger partial charge in [-0.15, -0.1) is 0 Å². The highest BCUT2D eigenvalue weighted by molar-refractivity contribution is 5.98. The van der Waals surface area contributed by atoms with Gasteiger partial charge < -0.3 is 25.0 Å². The Kier molecular flexibility index (Phi) is 8.92. The molecule has 0 saturated carbocycles. The van der Waals surface area contributed by atoms with E-state index >= 15 is 0 Å². The third-order valence-electron chi connectivity index (χ3n) is 5.55. The first-order valence-electron chi connectivity index (χ1n) is 10.6. The Bertz CT molecular complexity index is 727. The van der Waals surface area contributed by atoms with E-state index in [1.165, 1.54) is 0 Å². The second-order valence-electron chi connectivity index (χ2n) is 8.13. The number of rotatable bonds is 4. The Morgan fingerprint density at radius 3 is 2.67 bits per heavy atom. The molecule has 30 heavy (non-hydrogen) atoms. The van der Waals surface area contributed by atoms with Gasteiger partial charge in [0, 0.05) is 51.6 Å². The number of ether oxygens (including phenoxy) is 2. The number of methoxy groups -OCH3 is 1. The lowest BCUT2D eigenvalue weighted by atomic mass is 10.0. The number of hydrogen-bond donors (Lipinski definition) is 2. The second kappa shape index (κ2) is 11.2. The fourth-order valence-electron chi connectivity index (χ4n) is 3.44. The summed E-state index contributed by atoms with van der Waals surface area (Å²) < 4.78 is 11.7. The molecule has 0 spiro atoms. The van der Waals surface area contributed by atoms with Crippen molar-refractivity contribution in [3.05, 3.63) is 23.8 Å². The number of carbonyl (C=O) groups excluding carboxylic acids is 2. The minimum Gasteiger partial charge on any atom is -0.491 e. The third-order valence-corrected chi connectivity index (χ3v) is 5.55. The molecule has 1 aliphatic rings. The summed E-state index contributed by atoms with van der Waals surface area (Å²) in [5.74, 6) is 0.579. The average molecular weight is 421 g/mol. The monoisotopic (exact) mass is 420 g/mol. The number of nitrogens with one attached hydrogen (secondary N) is 2. The molecular formula is C22H36N4O4. The van der Waals surface area contributed by atoms with Crippen molar-refractivity contribution in [3.8, 4) is 5.75 Å². The van der Waals surface area contributed by atoms with Crippen LogP contribution in [-0.4, -0.2) is 81.3 Å². The third kappa shape index (κ3) is 6.34. The molecule has 0 saturated heterocycles. The van der Waals surface area contributed by atoms with Crippen LogP contribution in [0.5, 0.6) is 5.75 Å². The summed E-state index contributed by atoms with van der Waals surface area (Å²) in [5, 5.41) is 5.57. The van der Waals surface area contributed by atoms with Crippen LogP contribution in [0.15, 0.2) is 18.2 Å². The molecule has 3 amide bonds. The predicted octanol–water partition coefficient (Wildman–Crippen LogP) is 2.65. The molecule has 0 bridgehead atoms. The first-order valence-corrected chi connectivity index (χ1v) is 10.6. The van der Waals surface area contributed by atoms with E-state index in [9.17, 15) is 9.59 Å². The molecule has 3 atom stereocenters. The number of hydrogen-bond acceptors (Lipinski definition) is 5. The molecule has 8 nitrogen and oxygen atoms in total. The summed E-state index contributed by atoms with van der Waals surface area (Å²) in [6.07, 6.45) is 0.786. The summed E-state index contributed by atoms with van der Waals surface area (Å²) in [6.45, 7) is 8.56. The molecule has 168 valence electrons. The number of amides is 3. The van der Waals surface area contributed by atoms with Gasteiger partial charge in [0.25, 0.3) is 5.91 Å². The first kappa shape index (κ1) is 24.0. The van der Waals surface area contributed by atoms with Gasteiger partial charge in [-0.3, -0.25) is 9.69 Å². The van der Waals surface area contributed by atoms with Gasteiger partial charge in [0.1, 0.15) is 12.4 Å². The SMILES string of the molecule is CCCNC(=O)Nc1ccc2c(c1)OC[C@H](C)N(C)C[C@H](C)[C@H](OC)CN(C)C2=O. The topological polar surface area (TPSA) is 83.1 Å². The van der Waals surface area contributed by atoms with Gasteiger partial charge in [-0.05, 0) is 38.4 Å². The molecule has 0 aliphatic carbocycles. The van der Waals surface area contributed by atoms with E-state index in [0.717, 1.165) is 13.0 Å². The number of fused-ring (bicyclic) bond motifs is 1. The highest BCUT2D eigenvalue weighted by atomic mass is 16.5. The van der Waals surface area contributed by atoms with Gasteiger partial charge >= 0.3 is 6.03 Å². The first-order chi connectivity index (χ1) is 14.3. The van der Waals surface area contributed by atoms with Crippen LogP contribution >= 0.6 is 0 Å². The van der Waals surface area contributed by atoms with E-state index < -0.39 is 0 Å². The van der Waals surface area contributed by atoms with Crippen LogP contribution in [0.3, 0.4) is 0 Å². The summed E-state index contributed by atoms with van der Waals surface area (Å²) >= 11 is 0. The second-order valence-corrected chi connectivity index (χ2v) is 8.13. The lowest BCUT2D eigenvalue weighted by molar-refractivity contribution is 0.0150. The predicted molar refractivity (Wildman–Crippen MR) is 118 cm³/mol. The van der Waals surface area contributed by atoms with Crippen LogP contribution < -0.4 is 15.4 Å². The van der Waals surface area contributed by atoms with Gasteiger partial charge in [0.15, 0.2) is 0 Å². The van der Waals surface area contributed by atoms with Crippen LogP contribution in [0, 0.1) is 5.92 Å². The molecule has 0 radical (unpaired) electrons. The van der Waals surface area contributed by atoms with E-state index in [2.05, 4.69) is 36.4 Å². The summed E-state index contributed by atoms with van der Waals surface area (Å²) in [4.78, 5) is 29.0. The average Bonchev–Trinajstić information content (AvgIpc) is 2.72. The maximum Gasteiger partial charge on any atom is 0.319 e. The molecule has 0 aromatic heterocycles. The lowest BCUT2D eigenvalue weighted by Crippen LogP contribution is -2.45. The molecule has 2 rings (SSSR count). The Morgan fingerprint density at radius 2 is 2.00 bits per heavy atom. The molecule has 1 aliphatic heterocycles. The normalized spacial score (nSPS) is 23.6. The standard InChI is InChI=1S/C22H36N4O4/c1-7-10-23-22(28)24-17-8-9-18-19(11-17)30-14-16(3)25(4)12-15(2)20(29-6)13-26(5)21(18)27/h8-9,11,15-16,20H,7,10,12-14H2,1-6H3,(H2,23,24,28)/t15-,16-,20+/m0/s1. The molecule has 8 heteroatoms. The van der Waals surface area contributed by atoms with Crippen molar-refractivity contribution < 1.29 is 19.1 Å². The Balaban J connectivity index is 2.32. The number of benzene rings is 1. The Labute approximate surface area is 179 Å². The molecule has 1 aromatic carbocycles. The molecule has 0 fully saturated rings. The largest absolute Gasteiger partial charge is 0.491 e. The van der Waals surface area contributed by atoms with Gasteiger partial charge in [-0.2, -0.15) is 0 Å². The highest BCUT2D eigenvalue weighted by Gasteiger charge is 2.27. The quantitative estimate of drug-likeness (QED) is 0.783. The van der Waals surface area contributed by atoms with Crippen molar-refractivity contribution in [1.82, 2.24) is 15.1 Å². The molecular weight excluding hydrogens is 384 g/mol. The van der Waals surface area contributed by atoms with Crippen LogP contribution in [0.4, 0.5) is 10.5 Å². The number of urea groups is 1. The van der Waals surface area contributed by atoms with E-state index in [-0.39, 0.29) is 30.0 Å². The number of nitrogens with zero attached hydrogens (tertiary/aromatic N) is 2. The van der Waals surface area contributed by atoms with E-state index in [0.29, 0.717) is 36.7 Å².